The first kappa shape index (κ1) is 42.4. The van der Waals surface area contributed by atoms with Crippen LogP contribution in [0, 0.1) is 23.3 Å². The second-order valence-corrected chi connectivity index (χ2v) is 16.0. The van der Waals surface area contributed by atoms with E-state index in [9.17, 15) is 23.1 Å². The predicted octanol–water partition coefficient (Wildman–Crippen LogP) is 13.4. The number of aliphatic hydroxyl groups excluding tert-OH is 1. The van der Waals surface area contributed by atoms with Gasteiger partial charge in [0.1, 0.15) is 0 Å². The van der Waals surface area contributed by atoms with Crippen molar-refractivity contribution in [2.75, 3.05) is 0 Å². The third-order valence-electron chi connectivity index (χ3n) is 9.79. The van der Waals surface area contributed by atoms with Gasteiger partial charge in [-0.2, -0.15) is 13.2 Å². The second-order valence-electron chi connectivity index (χ2n) is 14.9. The summed E-state index contributed by atoms with van der Waals surface area (Å²) in [5, 5.41) is 14.1. The molecule has 0 aliphatic carbocycles. The number of ketones is 1. The smallest absolute Gasteiger partial charge is 0.394 e. The zero-order valence-electron chi connectivity index (χ0n) is 31.2. The number of pyridine rings is 1. The number of aromatic nitrogens is 1. The Kier molecular flexibility index (Phi) is 14.3. The summed E-state index contributed by atoms with van der Waals surface area (Å²) in [6.07, 6.45) is 2.41. The molecule has 0 saturated carbocycles. The number of nitrogens with zero attached hydrogens (tertiary/aromatic N) is 1. The van der Waals surface area contributed by atoms with Gasteiger partial charge in [0.25, 0.3) is 0 Å². The van der Waals surface area contributed by atoms with Gasteiger partial charge in [-0.15, -0.1) is 40.5 Å². The van der Waals surface area contributed by atoms with Crippen molar-refractivity contribution in [3.8, 4) is 11.3 Å². The minimum Gasteiger partial charge on any atom is -0.512 e. The summed E-state index contributed by atoms with van der Waals surface area (Å²) in [5.41, 5.74) is 1.87. The Hall–Kier alpha value is -3.06. The summed E-state index contributed by atoms with van der Waals surface area (Å²) < 4.78 is 42.4. The Bertz CT molecular complexity index is 1980. The van der Waals surface area contributed by atoms with E-state index >= 15 is 0 Å². The zero-order valence-corrected chi connectivity index (χ0v) is 34.4. The summed E-state index contributed by atoms with van der Waals surface area (Å²) >= 11 is 1.59. The Morgan fingerprint density at radius 2 is 1.49 bits per heavy atom. The van der Waals surface area contributed by atoms with Gasteiger partial charge >= 0.3 is 6.18 Å². The number of thiophene rings is 1. The van der Waals surface area contributed by atoms with E-state index in [0.29, 0.717) is 5.56 Å². The first-order chi connectivity index (χ1) is 23.4. The minimum atomic E-state index is -4.25. The fourth-order valence-electron chi connectivity index (χ4n) is 6.42. The van der Waals surface area contributed by atoms with E-state index in [0.717, 1.165) is 62.5 Å². The normalized spacial score (nSPS) is 12.8. The summed E-state index contributed by atoms with van der Waals surface area (Å²) in [6, 6.07) is 21.7. The molecular weight excluding hydrogens is 844 g/mol. The largest absolute Gasteiger partial charge is 0.512 e. The molecule has 5 rings (SSSR count). The van der Waals surface area contributed by atoms with Crippen molar-refractivity contribution in [2.45, 2.75) is 106 Å². The van der Waals surface area contributed by atoms with Crippen LogP contribution in [0.1, 0.15) is 99.1 Å². The number of hydrogen-bond donors (Lipinski definition) is 1. The third kappa shape index (κ3) is 9.68. The molecule has 0 amide bonds. The molecule has 0 spiro atoms. The number of hydrogen-bond acceptors (Lipinski definition) is 4. The summed E-state index contributed by atoms with van der Waals surface area (Å²) in [7, 11) is 0. The monoisotopic (exact) mass is 895 g/mol. The Labute approximate surface area is 319 Å². The minimum absolute atomic E-state index is 0. The molecule has 0 bridgehead atoms. The van der Waals surface area contributed by atoms with Crippen molar-refractivity contribution in [3.05, 3.63) is 89.8 Å². The van der Waals surface area contributed by atoms with Crippen molar-refractivity contribution < 1.29 is 43.2 Å². The van der Waals surface area contributed by atoms with Gasteiger partial charge in [0, 0.05) is 59.3 Å². The van der Waals surface area contributed by atoms with E-state index in [4.69, 9.17) is 4.98 Å². The predicted molar refractivity (Wildman–Crippen MR) is 205 cm³/mol. The molecule has 0 unspecified atom stereocenters. The Morgan fingerprint density at radius 1 is 0.863 bits per heavy atom. The number of benzene rings is 3. The van der Waals surface area contributed by atoms with Gasteiger partial charge in [-0.05, 0) is 66.0 Å². The van der Waals surface area contributed by atoms with Gasteiger partial charge in [-0.3, -0.25) is 9.78 Å². The van der Waals surface area contributed by atoms with Gasteiger partial charge in [-0.25, -0.2) is 0 Å². The average Bonchev–Trinajstić information content (AvgIpc) is 3.42. The molecule has 8 heteroatoms. The van der Waals surface area contributed by atoms with Crippen molar-refractivity contribution in [1.29, 1.82) is 0 Å². The van der Waals surface area contributed by atoms with E-state index in [1.807, 2.05) is 70.3 Å². The van der Waals surface area contributed by atoms with Crippen LogP contribution in [0.25, 0.3) is 42.2 Å². The maximum atomic E-state index is 13.5. The van der Waals surface area contributed by atoms with Crippen molar-refractivity contribution in [1.82, 2.24) is 4.98 Å². The van der Waals surface area contributed by atoms with Crippen LogP contribution in [-0.2, 0) is 36.7 Å². The SMILES string of the molecule is CC(C)(C)c1cc(-c2nccc3c2sc2cc(CC(C)(C)C(F)(F)F)ccc23)[c-]c2ccccc12.CCC(CC)C(=O)/C=C(\O)C(CC)CC.[Ir]. The van der Waals surface area contributed by atoms with Crippen LogP contribution in [0.15, 0.2) is 72.6 Å². The van der Waals surface area contributed by atoms with Gasteiger partial charge in [-0.1, -0.05) is 104 Å². The van der Waals surface area contributed by atoms with E-state index in [-0.39, 0.29) is 55.3 Å². The molecule has 2 aromatic heterocycles. The number of alkyl halides is 3. The topological polar surface area (TPSA) is 50.2 Å². The Morgan fingerprint density at radius 3 is 2.08 bits per heavy atom. The fourth-order valence-corrected chi connectivity index (χ4v) is 7.68. The van der Waals surface area contributed by atoms with E-state index in [1.165, 1.54) is 30.9 Å². The van der Waals surface area contributed by atoms with E-state index in [1.54, 1.807) is 11.3 Å². The zero-order chi connectivity index (χ0) is 37.0. The van der Waals surface area contributed by atoms with Gasteiger partial charge in [0.15, 0.2) is 5.78 Å². The molecule has 51 heavy (non-hydrogen) atoms. The van der Waals surface area contributed by atoms with E-state index in [2.05, 4.69) is 45.0 Å². The number of carbonyl (C=O) groups is 1. The molecule has 277 valence electrons. The second kappa shape index (κ2) is 17.2. The number of fused-ring (bicyclic) bond motifs is 4. The molecule has 3 nitrogen and oxygen atoms in total. The third-order valence-corrected chi connectivity index (χ3v) is 11.0. The molecule has 5 aromatic rings. The average molecular weight is 895 g/mol. The molecule has 1 N–H and O–H groups in total. The maximum absolute atomic E-state index is 13.5. The van der Waals surface area contributed by atoms with Crippen LogP contribution in [0.2, 0.25) is 0 Å². The van der Waals surface area contributed by atoms with E-state index < -0.39 is 11.6 Å². The molecule has 0 atom stereocenters. The van der Waals surface area contributed by atoms with Crippen LogP contribution in [0.4, 0.5) is 13.2 Å². The number of allylic oxidation sites excluding steroid dienone is 2. The number of aliphatic hydroxyl groups is 1. The summed E-state index contributed by atoms with van der Waals surface area (Å²) in [6.45, 7) is 17.2. The molecule has 3 aromatic carbocycles. The van der Waals surface area contributed by atoms with Crippen LogP contribution < -0.4 is 0 Å². The number of rotatable bonds is 10. The molecule has 2 heterocycles. The van der Waals surface area contributed by atoms with Crippen LogP contribution >= 0.6 is 11.3 Å². The quantitative estimate of drug-likeness (QED) is 0.0863. The Balaban J connectivity index is 0.000000374. The summed E-state index contributed by atoms with van der Waals surface area (Å²) in [4.78, 5) is 16.5. The fraction of sp³-hybridized carbons (Fsp3) is 0.442. The van der Waals surface area contributed by atoms with Crippen LogP contribution in [0.3, 0.4) is 0 Å². The van der Waals surface area contributed by atoms with Gasteiger partial charge in [0.05, 0.1) is 11.2 Å². The van der Waals surface area contributed by atoms with Gasteiger partial charge in [0.2, 0.25) is 0 Å². The molecule has 0 aliphatic heterocycles. The van der Waals surface area contributed by atoms with Crippen LogP contribution in [0.5, 0.6) is 0 Å². The number of carbonyl (C=O) groups excluding carboxylic acids is 1. The molecule has 0 saturated heterocycles. The number of halogens is 3. The standard InChI is InChI=1S/C30H27F3NS.C13H24O2.Ir/c1-28(2,3)24-16-20(15-19-8-6-7-9-21(19)24)26-27-23(12-13-34-26)22-11-10-18(14-25(22)35-27)17-29(4,5)30(31,32)33;1-5-10(6-2)12(14)9-13(15)11(7-3)8-4;/h6-14,16H,17H2,1-5H3;9-11,14H,5-8H2,1-4H3;/q-1;;/b;12-9-;. The summed E-state index contributed by atoms with van der Waals surface area (Å²) in [5.74, 6) is 0.547. The first-order valence-corrected chi connectivity index (χ1v) is 18.5. The van der Waals surface area contributed by atoms with Crippen molar-refractivity contribution in [3.63, 3.8) is 0 Å². The van der Waals surface area contributed by atoms with Crippen LogP contribution in [-0.4, -0.2) is 22.1 Å². The first-order valence-electron chi connectivity index (χ1n) is 17.7. The molecule has 0 fully saturated rings. The molecule has 1 radical (unpaired) electrons. The van der Waals surface area contributed by atoms with Crippen molar-refractivity contribution >= 4 is 48.1 Å². The van der Waals surface area contributed by atoms with Gasteiger partial charge < -0.3 is 5.11 Å². The molecular formula is C43H51F3IrNO2S-. The molecule has 0 aliphatic rings. The maximum Gasteiger partial charge on any atom is 0.394 e. The van der Waals surface area contributed by atoms with Crippen molar-refractivity contribution in [2.24, 2.45) is 17.3 Å².